The lowest BCUT2D eigenvalue weighted by Gasteiger charge is -2.12. The average molecular weight is 352 g/mol. The van der Waals surface area contributed by atoms with Gasteiger partial charge in [-0.1, -0.05) is 0 Å². The fraction of sp³-hybridized carbons (Fsp3) is 0.364. The standard InChI is InChI=1S/C11H9BrF3N3O2/c1-5-16-8-6(3-7(12)10(19)18(8)2)9(17-5)20-4-11(13,14)15/h3H,4H2,1-2H3. The van der Waals surface area contributed by atoms with E-state index >= 15 is 0 Å². The highest BCUT2D eigenvalue weighted by Gasteiger charge is 2.29. The van der Waals surface area contributed by atoms with E-state index < -0.39 is 12.8 Å². The minimum atomic E-state index is -4.47. The smallest absolute Gasteiger partial charge is 0.422 e. The highest BCUT2D eigenvalue weighted by atomic mass is 79.9. The van der Waals surface area contributed by atoms with E-state index in [1.54, 1.807) is 0 Å². The second-order valence-electron chi connectivity index (χ2n) is 4.07. The lowest BCUT2D eigenvalue weighted by molar-refractivity contribution is -0.153. The van der Waals surface area contributed by atoms with Gasteiger partial charge in [0, 0.05) is 7.05 Å². The summed E-state index contributed by atoms with van der Waals surface area (Å²) in [5.41, 5.74) is -0.139. The summed E-state index contributed by atoms with van der Waals surface area (Å²) in [5.74, 6) is 0.00752. The Hall–Kier alpha value is -1.64. The molecule has 0 aliphatic rings. The molecule has 0 amide bonds. The van der Waals surface area contributed by atoms with Crippen molar-refractivity contribution in [3.05, 3.63) is 26.7 Å². The molecule has 0 aliphatic heterocycles. The van der Waals surface area contributed by atoms with Crippen molar-refractivity contribution in [2.75, 3.05) is 6.61 Å². The molecule has 0 bridgehead atoms. The first-order valence-corrected chi connectivity index (χ1v) is 6.22. The van der Waals surface area contributed by atoms with E-state index in [1.165, 1.54) is 24.6 Å². The van der Waals surface area contributed by atoms with E-state index in [-0.39, 0.29) is 32.8 Å². The average Bonchev–Trinajstić information content (AvgIpc) is 2.34. The van der Waals surface area contributed by atoms with E-state index in [0.717, 1.165) is 0 Å². The number of halogens is 4. The number of pyridine rings is 1. The van der Waals surface area contributed by atoms with Gasteiger partial charge in [0.25, 0.3) is 5.56 Å². The summed E-state index contributed by atoms with van der Waals surface area (Å²) in [6, 6.07) is 1.35. The molecule has 0 radical (unpaired) electrons. The second-order valence-corrected chi connectivity index (χ2v) is 4.93. The van der Waals surface area contributed by atoms with Crippen molar-refractivity contribution >= 4 is 27.0 Å². The van der Waals surface area contributed by atoms with Gasteiger partial charge in [0.2, 0.25) is 5.88 Å². The zero-order valence-corrected chi connectivity index (χ0v) is 12.0. The lowest BCUT2D eigenvalue weighted by Crippen LogP contribution is -2.22. The molecule has 2 rings (SSSR count). The Labute approximate surface area is 119 Å². The van der Waals surface area contributed by atoms with Gasteiger partial charge in [0.05, 0.1) is 9.86 Å². The summed E-state index contributed by atoms with van der Waals surface area (Å²) < 4.78 is 42.8. The van der Waals surface area contributed by atoms with Crippen LogP contribution in [0, 0.1) is 6.92 Å². The molecule has 0 aromatic carbocycles. The number of aryl methyl sites for hydroxylation is 2. The molecule has 108 valence electrons. The summed E-state index contributed by atoms with van der Waals surface area (Å²) >= 11 is 3.04. The van der Waals surface area contributed by atoms with E-state index in [0.29, 0.717) is 0 Å². The molecule has 0 unspecified atom stereocenters. The first kappa shape index (κ1) is 14.8. The Bertz CT molecular complexity index is 727. The van der Waals surface area contributed by atoms with Crippen LogP contribution in [0.2, 0.25) is 0 Å². The van der Waals surface area contributed by atoms with Crippen molar-refractivity contribution in [3.63, 3.8) is 0 Å². The van der Waals surface area contributed by atoms with Crippen molar-refractivity contribution in [1.82, 2.24) is 14.5 Å². The molecule has 5 nitrogen and oxygen atoms in total. The Kier molecular flexibility index (Phi) is 3.72. The van der Waals surface area contributed by atoms with Crippen LogP contribution in [0.3, 0.4) is 0 Å². The van der Waals surface area contributed by atoms with Gasteiger partial charge < -0.3 is 4.74 Å². The van der Waals surface area contributed by atoms with Crippen molar-refractivity contribution in [3.8, 4) is 5.88 Å². The van der Waals surface area contributed by atoms with Crippen LogP contribution in [-0.4, -0.2) is 27.3 Å². The molecular weight excluding hydrogens is 343 g/mol. The summed E-state index contributed by atoms with van der Waals surface area (Å²) in [5, 5.41) is 0.230. The highest BCUT2D eigenvalue weighted by Crippen LogP contribution is 2.25. The molecule has 0 saturated heterocycles. The number of ether oxygens (including phenoxy) is 1. The largest absolute Gasteiger partial charge is 0.467 e. The molecule has 9 heteroatoms. The number of alkyl halides is 3. The Morgan fingerprint density at radius 1 is 1.40 bits per heavy atom. The van der Waals surface area contributed by atoms with Crippen LogP contribution in [0.25, 0.3) is 11.0 Å². The van der Waals surface area contributed by atoms with Gasteiger partial charge in [-0.2, -0.15) is 18.2 Å². The lowest BCUT2D eigenvalue weighted by atomic mass is 10.3. The molecular formula is C11H9BrF3N3O2. The zero-order chi connectivity index (χ0) is 15.1. The summed E-state index contributed by atoms with van der Waals surface area (Å²) in [6.45, 7) is 0.0470. The summed E-state index contributed by atoms with van der Waals surface area (Å²) in [6.07, 6.45) is -4.47. The maximum atomic E-state index is 12.2. The number of aromatic nitrogens is 3. The normalized spacial score (nSPS) is 11.9. The Morgan fingerprint density at radius 3 is 2.65 bits per heavy atom. The molecule has 0 fully saturated rings. The predicted octanol–water partition coefficient (Wildman–Crippen LogP) is 2.34. The fourth-order valence-electron chi connectivity index (χ4n) is 1.63. The van der Waals surface area contributed by atoms with Gasteiger partial charge in [-0.15, -0.1) is 0 Å². The van der Waals surface area contributed by atoms with E-state index in [1.807, 2.05) is 0 Å². The number of rotatable bonds is 2. The highest BCUT2D eigenvalue weighted by molar-refractivity contribution is 9.10. The van der Waals surface area contributed by atoms with E-state index in [9.17, 15) is 18.0 Å². The third-order valence-corrected chi connectivity index (χ3v) is 3.04. The molecule has 0 spiro atoms. The number of nitrogens with zero attached hydrogens (tertiary/aromatic N) is 3. The van der Waals surface area contributed by atoms with Crippen molar-refractivity contribution < 1.29 is 17.9 Å². The molecule has 2 aromatic heterocycles. The first-order chi connectivity index (χ1) is 9.19. The van der Waals surface area contributed by atoms with E-state index in [2.05, 4.69) is 25.9 Å². The predicted molar refractivity (Wildman–Crippen MR) is 68.8 cm³/mol. The fourth-order valence-corrected chi connectivity index (χ4v) is 2.12. The third-order valence-electron chi connectivity index (χ3n) is 2.47. The van der Waals surface area contributed by atoms with Crippen LogP contribution in [0.15, 0.2) is 15.3 Å². The van der Waals surface area contributed by atoms with Crippen molar-refractivity contribution in [2.24, 2.45) is 7.05 Å². The van der Waals surface area contributed by atoms with Gasteiger partial charge in [0.1, 0.15) is 11.5 Å². The van der Waals surface area contributed by atoms with Crippen LogP contribution >= 0.6 is 15.9 Å². The maximum absolute atomic E-state index is 12.2. The Morgan fingerprint density at radius 2 is 2.05 bits per heavy atom. The molecule has 0 saturated carbocycles. The van der Waals surface area contributed by atoms with Gasteiger partial charge in [-0.3, -0.25) is 9.36 Å². The van der Waals surface area contributed by atoms with Gasteiger partial charge in [-0.05, 0) is 28.9 Å². The van der Waals surface area contributed by atoms with Gasteiger partial charge in [0.15, 0.2) is 6.61 Å². The topological polar surface area (TPSA) is 57.0 Å². The quantitative estimate of drug-likeness (QED) is 0.833. The van der Waals surface area contributed by atoms with Crippen LogP contribution in [-0.2, 0) is 7.05 Å². The van der Waals surface area contributed by atoms with Crippen LogP contribution < -0.4 is 10.3 Å². The number of fused-ring (bicyclic) bond motifs is 1. The first-order valence-electron chi connectivity index (χ1n) is 5.42. The second kappa shape index (κ2) is 5.04. The maximum Gasteiger partial charge on any atom is 0.422 e. The SMILES string of the molecule is Cc1nc(OCC(F)(F)F)c2cc(Br)c(=O)n(C)c2n1. The van der Waals surface area contributed by atoms with Crippen LogP contribution in [0.1, 0.15) is 5.82 Å². The van der Waals surface area contributed by atoms with Gasteiger partial charge in [-0.25, -0.2) is 4.98 Å². The zero-order valence-electron chi connectivity index (χ0n) is 10.5. The molecule has 0 aliphatic carbocycles. The monoisotopic (exact) mass is 351 g/mol. The number of hydrogen-bond acceptors (Lipinski definition) is 4. The Balaban J connectivity index is 2.63. The van der Waals surface area contributed by atoms with E-state index in [4.69, 9.17) is 4.74 Å². The number of hydrogen-bond donors (Lipinski definition) is 0. The third kappa shape index (κ3) is 2.92. The molecule has 20 heavy (non-hydrogen) atoms. The van der Waals surface area contributed by atoms with Crippen LogP contribution in [0.4, 0.5) is 13.2 Å². The molecule has 0 N–H and O–H groups in total. The van der Waals surface area contributed by atoms with Crippen molar-refractivity contribution in [1.29, 1.82) is 0 Å². The summed E-state index contributed by atoms with van der Waals surface area (Å²) in [4.78, 5) is 19.7. The molecule has 2 aromatic rings. The van der Waals surface area contributed by atoms with Gasteiger partial charge >= 0.3 is 6.18 Å². The van der Waals surface area contributed by atoms with Crippen molar-refractivity contribution in [2.45, 2.75) is 13.1 Å². The molecule has 2 heterocycles. The summed E-state index contributed by atoms with van der Waals surface area (Å²) in [7, 11) is 1.47. The van der Waals surface area contributed by atoms with Crippen LogP contribution in [0.5, 0.6) is 5.88 Å². The minimum absolute atomic E-state index is 0.191. The molecule has 0 atom stereocenters. The minimum Gasteiger partial charge on any atom is -0.467 e.